The van der Waals surface area contributed by atoms with E-state index in [9.17, 15) is 9.59 Å². The molecule has 0 bridgehead atoms. The Hall–Kier alpha value is -1.52. The van der Waals surface area contributed by atoms with Crippen molar-refractivity contribution in [2.75, 3.05) is 0 Å². The van der Waals surface area contributed by atoms with Crippen LogP contribution in [0.4, 0.5) is 0 Å². The molecule has 0 aromatic carbocycles. The first-order chi connectivity index (χ1) is 8.61. The molecule has 2 atom stereocenters. The van der Waals surface area contributed by atoms with E-state index in [0.29, 0.717) is 11.4 Å². The Balaban J connectivity index is 2.22. The molecular formula is C13H18N2O3. The molecule has 3 rings (SSSR count). The number of rotatable bonds is 0. The van der Waals surface area contributed by atoms with Crippen LogP contribution in [0.5, 0.6) is 5.88 Å². The van der Waals surface area contributed by atoms with Crippen LogP contribution in [-0.4, -0.2) is 15.2 Å². The van der Waals surface area contributed by atoms with Gasteiger partial charge in [-0.2, -0.15) is 0 Å². The molecule has 18 heavy (non-hydrogen) atoms. The van der Waals surface area contributed by atoms with Gasteiger partial charge in [-0.1, -0.05) is 12.8 Å². The summed E-state index contributed by atoms with van der Waals surface area (Å²) in [7, 11) is 3.21. The summed E-state index contributed by atoms with van der Waals surface area (Å²) in [5.74, 6) is 0.674. The van der Waals surface area contributed by atoms with Crippen LogP contribution in [0.1, 0.15) is 43.6 Å². The minimum absolute atomic E-state index is 0.0863. The van der Waals surface area contributed by atoms with Gasteiger partial charge < -0.3 is 4.74 Å². The molecule has 2 heterocycles. The molecule has 0 unspecified atom stereocenters. The molecule has 5 nitrogen and oxygen atoms in total. The van der Waals surface area contributed by atoms with Gasteiger partial charge in [0, 0.05) is 20.0 Å². The molecule has 1 saturated carbocycles. The van der Waals surface area contributed by atoms with Gasteiger partial charge >= 0.3 is 5.69 Å². The van der Waals surface area contributed by atoms with E-state index < -0.39 is 0 Å². The van der Waals surface area contributed by atoms with Crippen molar-refractivity contribution in [2.24, 2.45) is 14.1 Å². The number of fused-ring (bicyclic) bond motifs is 3. The normalized spacial score (nSPS) is 26.1. The monoisotopic (exact) mass is 250 g/mol. The molecule has 98 valence electrons. The standard InChI is InChI=1S/C13H18N2O3/c1-14-11(16)10-8-6-4-3-5-7-9(8)18-12(10)15(2)13(14)17/h8-9H,3-7H2,1-2H3/t8-,9+/m0/s1. The lowest BCUT2D eigenvalue weighted by Crippen LogP contribution is -2.38. The molecule has 0 spiro atoms. The van der Waals surface area contributed by atoms with Crippen LogP contribution in [0.2, 0.25) is 0 Å². The molecule has 1 aromatic heterocycles. The van der Waals surface area contributed by atoms with Crippen molar-refractivity contribution in [1.82, 2.24) is 9.13 Å². The number of hydrogen-bond donors (Lipinski definition) is 0. The average molecular weight is 250 g/mol. The van der Waals surface area contributed by atoms with Gasteiger partial charge in [-0.15, -0.1) is 0 Å². The van der Waals surface area contributed by atoms with Crippen LogP contribution in [-0.2, 0) is 14.1 Å². The molecule has 1 aromatic rings. The third kappa shape index (κ3) is 1.46. The summed E-state index contributed by atoms with van der Waals surface area (Å²) in [4.78, 5) is 24.1. The highest BCUT2D eigenvalue weighted by molar-refractivity contribution is 5.34. The largest absolute Gasteiger partial charge is 0.474 e. The Kier molecular flexibility index (Phi) is 2.57. The molecule has 1 aliphatic carbocycles. The molecular weight excluding hydrogens is 232 g/mol. The van der Waals surface area contributed by atoms with Crippen molar-refractivity contribution < 1.29 is 4.74 Å². The fourth-order valence-corrected chi connectivity index (χ4v) is 3.20. The minimum atomic E-state index is -0.310. The first-order valence-electron chi connectivity index (χ1n) is 6.58. The van der Waals surface area contributed by atoms with E-state index in [1.54, 1.807) is 7.05 Å². The summed E-state index contributed by atoms with van der Waals surface area (Å²) >= 11 is 0. The van der Waals surface area contributed by atoms with Crippen molar-refractivity contribution in [2.45, 2.75) is 44.1 Å². The van der Waals surface area contributed by atoms with Crippen LogP contribution < -0.4 is 16.0 Å². The van der Waals surface area contributed by atoms with E-state index in [1.165, 1.54) is 22.6 Å². The summed E-state index contributed by atoms with van der Waals surface area (Å²) in [6.45, 7) is 0. The van der Waals surface area contributed by atoms with Gasteiger partial charge in [-0.25, -0.2) is 4.79 Å². The van der Waals surface area contributed by atoms with Gasteiger partial charge in [0.15, 0.2) is 0 Å². The third-order valence-corrected chi connectivity index (χ3v) is 4.23. The van der Waals surface area contributed by atoms with Crippen LogP contribution in [0.3, 0.4) is 0 Å². The van der Waals surface area contributed by atoms with Crippen molar-refractivity contribution in [1.29, 1.82) is 0 Å². The summed E-state index contributed by atoms with van der Waals surface area (Å²) in [6, 6.07) is 0. The molecule has 0 saturated heterocycles. The van der Waals surface area contributed by atoms with Crippen molar-refractivity contribution in [3.05, 3.63) is 26.4 Å². The lowest BCUT2D eigenvalue weighted by Gasteiger charge is -2.14. The minimum Gasteiger partial charge on any atom is -0.474 e. The highest BCUT2D eigenvalue weighted by atomic mass is 16.5. The SMILES string of the molecule is Cn1c2c(c(=O)n(C)c1=O)[C@H]1CCCCC[C@H]1O2. The Bertz CT molecular complexity index is 599. The highest BCUT2D eigenvalue weighted by Crippen LogP contribution is 2.41. The summed E-state index contributed by atoms with van der Waals surface area (Å²) in [6.07, 6.45) is 5.54. The molecule has 0 amide bonds. The van der Waals surface area contributed by atoms with Crippen LogP contribution >= 0.6 is 0 Å². The van der Waals surface area contributed by atoms with Crippen molar-refractivity contribution in [3.63, 3.8) is 0 Å². The van der Waals surface area contributed by atoms with Crippen LogP contribution in [0.15, 0.2) is 9.59 Å². The molecule has 5 heteroatoms. The Morgan fingerprint density at radius 2 is 1.78 bits per heavy atom. The number of hydrogen-bond acceptors (Lipinski definition) is 3. The predicted molar refractivity (Wildman–Crippen MR) is 67.2 cm³/mol. The van der Waals surface area contributed by atoms with Crippen LogP contribution in [0.25, 0.3) is 0 Å². The summed E-state index contributed by atoms with van der Waals surface area (Å²) < 4.78 is 8.54. The molecule has 2 aliphatic rings. The maximum absolute atomic E-state index is 12.3. The Labute approximate surface area is 105 Å². The van der Waals surface area contributed by atoms with Gasteiger partial charge in [0.2, 0.25) is 5.88 Å². The molecule has 1 fully saturated rings. The highest BCUT2D eigenvalue weighted by Gasteiger charge is 2.39. The zero-order valence-corrected chi connectivity index (χ0v) is 10.8. The summed E-state index contributed by atoms with van der Waals surface area (Å²) in [5.41, 5.74) is 0.226. The van der Waals surface area contributed by atoms with Gasteiger partial charge in [0.05, 0.1) is 5.56 Å². The number of nitrogens with zero attached hydrogens (tertiary/aromatic N) is 2. The molecule has 0 N–H and O–H groups in total. The molecule has 1 aliphatic heterocycles. The van der Waals surface area contributed by atoms with Crippen molar-refractivity contribution in [3.8, 4) is 5.88 Å². The predicted octanol–water partition coefficient (Wildman–Crippen LogP) is 0.893. The lowest BCUT2D eigenvalue weighted by atomic mass is 9.93. The lowest BCUT2D eigenvalue weighted by molar-refractivity contribution is 0.184. The zero-order valence-electron chi connectivity index (χ0n) is 10.8. The number of ether oxygens (including phenoxy) is 1. The Morgan fingerprint density at radius 3 is 2.56 bits per heavy atom. The maximum atomic E-state index is 12.3. The van der Waals surface area contributed by atoms with E-state index in [-0.39, 0.29) is 23.3 Å². The quantitative estimate of drug-likeness (QED) is 0.687. The average Bonchev–Trinajstić information content (AvgIpc) is 2.57. The van der Waals surface area contributed by atoms with E-state index in [1.807, 2.05) is 0 Å². The van der Waals surface area contributed by atoms with Gasteiger partial charge in [-0.3, -0.25) is 13.9 Å². The van der Waals surface area contributed by atoms with Gasteiger partial charge in [0.1, 0.15) is 6.10 Å². The second-order valence-corrected chi connectivity index (χ2v) is 5.33. The fraction of sp³-hybridized carbons (Fsp3) is 0.692. The smallest absolute Gasteiger partial charge is 0.333 e. The summed E-state index contributed by atoms with van der Waals surface area (Å²) in [5, 5.41) is 0. The number of aromatic nitrogens is 2. The van der Waals surface area contributed by atoms with E-state index in [2.05, 4.69) is 0 Å². The first-order valence-corrected chi connectivity index (χ1v) is 6.58. The Morgan fingerprint density at radius 1 is 1.06 bits per heavy atom. The second kappa shape index (κ2) is 4.00. The topological polar surface area (TPSA) is 53.2 Å². The van der Waals surface area contributed by atoms with Crippen molar-refractivity contribution >= 4 is 0 Å². The fourth-order valence-electron chi connectivity index (χ4n) is 3.20. The van der Waals surface area contributed by atoms with Crippen LogP contribution in [0, 0.1) is 0 Å². The second-order valence-electron chi connectivity index (χ2n) is 5.33. The van der Waals surface area contributed by atoms with Gasteiger partial charge in [0.25, 0.3) is 5.56 Å². The van der Waals surface area contributed by atoms with E-state index in [0.717, 1.165) is 25.7 Å². The maximum Gasteiger partial charge on any atom is 0.333 e. The van der Waals surface area contributed by atoms with E-state index >= 15 is 0 Å². The zero-order chi connectivity index (χ0) is 12.9. The third-order valence-electron chi connectivity index (χ3n) is 4.23. The molecule has 0 radical (unpaired) electrons. The van der Waals surface area contributed by atoms with Gasteiger partial charge in [-0.05, 0) is 19.3 Å². The van der Waals surface area contributed by atoms with E-state index in [4.69, 9.17) is 4.74 Å². The first kappa shape index (κ1) is 11.6.